The molecule has 1 heterocycles. The van der Waals surface area contributed by atoms with Crippen molar-refractivity contribution in [3.63, 3.8) is 0 Å². The molecule has 1 atom stereocenters. The third kappa shape index (κ3) is 6.18. The Hall–Kier alpha value is -4.96. The first kappa shape index (κ1) is 28.6. The molecule has 5 rings (SSSR count). The SMILES string of the molecule is O=C(Nc1cccc(Cl)c1)NC1N=C(c2ccccc2)c2ccccc2N(CC(=O)c2ccccc2C(F)(F)F)C1=O. The van der Waals surface area contributed by atoms with Crippen LogP contribution in [0.1, 0.15) is 27.0 Å². The number of Topliss-reactive ketones (excluding diaryl/α,β-unsaturated/α-hetero) is 1. The summed E-state index contributed by atoms with van der Waals surface area (Å²) in [7, 11) is 0. The second-order valence-corrected chi connectivity index (χ2v) is 9.70. The Balaban J connectivity index is 1.55. The summed E-state index contributed by atoms with van der Waals surface area (Å²) in [6, 6.07) is 25.4. The topological polar surface area (TPSA) is 90.9 Å². The molecule has 0 saturated heterocycles. The van der Waals surface area contributed by atoms with Crippen LogP contribution in [0.25, 0.3) is 0 Å². The summed E-state index contributed by atoms with van der Waals surface area (Å²) in [5.74, 6) is -1.75. The molecule has 0 saturated carbocycles. The number of hydrogen-bond donors (Lipinski definition) is 2. The molecule has 3 amide bonds. The van der Waals surface area contributed by atoms with E-state index in [0.29, 0.717) is 27.5 Å². The minimum absolute atomic E-state index is 0.252. The standard InChI is InChI=1S/C31H22ClF3N4O3/c32-20-11-8-12-21(17-20)36-30(42)38-28-29(41)39(18-26(40)22-13-4-6-15-24(22)31(33,34)35)25-16-7-5-14-23(25)27(37-28)19-9-2-1-3-10-19/h1-17,28H,18H2,(H2,36,38,42). The third-order valence-corrected chi connectivity index (χ3v) is 6.68. The largest absolute Gasteiger partial charge is 0.417 e. The number of hydrogen-bond acceptors (Lipinski definition) is 4. The molecule has 7 nitrogen and oxygen atoms in total. The molecule has 0 radical (unpaired) electrons. The van der Waals surface area contributed by atoms with Gasteiger partial charge >= 0.3 is 12.2 Å². The fourth-order valence-corrected chi connectivity index (χ4v) is 4.76. The van der Waals surface area contributed by atoms with E-state index in [9.17, 15) is 27.6 Å². The van der Waals surface area contributed by atoms with Gasteiger partial charge in [-0.1, -0.05) is 84.4 Å². The van der Waals surface area contributed by atoms with Crippen molar-refractivity contribution < 1.29 is 27.6 Å². The number of urea groups is 1. The zero-order chi connectivity index (χ0) is 29.9. The lowest BCUT2D eigenvalue weighted by molar-refractivity contribution is -0.137. The van der Waals surface area contributed by atoms with Crippen LogP contribution in [0.2, 0.25) is 5.02 Å². The summed E-state index contributed by atoms with van der Waals surface area (Å²) in [6.45, 7) is -0.728. The highest BCUT2D eigenvalue weighted by Crippen LogP contribution is 2.33. The number of ketones is 1. The van der Waals surface area contributed by atoms with Crippen molar-refractivity contribution in [3.05, 3.63) is 130 Å². The number of nitrogens with one attached hydrogen (secondary N) is 2. The van der Waals surface area contributed by atoms with E-state index in [4.69, 9.17) is 11.6 Å². The van der Waals surface area contributed by atoms with E-state index in [1.165, 1.54) is 18.2 Å². The highest BCUT2D eigenvalue weighted by Gasteiger charge is 2.38. The molecule has 42 heavy (non-hydrogen) atoms. The maximum absolute atomic E-state index is 14.0. The van der Waals surface area contributed by atoms with Crippen molar-refractivity contribution in [1.29, 1.82) is 0 Å². The van der Waals surface area contributed by atoms with Crippen molar-refractivity contribution in [1.82, 2.24) is 5.32 Å². The minimum Gasteiger partial charge on any atom is -0.308 e. The van der Waals surface area contributed by atoms with Gasteiger partial charge in [-0.15, -0.1) is 0 Å². The van der Waals surface area contributed by atoms with Gasteiger partial charge in [0.2, 0.25) is 6.17 Å². The number of carbonyl (C=O) groups excluding carboxylic acids is 3. The van der Waals surface area contributed by atoms with Crippen LogP contribution in [0.5, 0.6) is 0 Å². The molecule has 212 valence electrons. The normalized spacial score (nSPS) is 14.9. The van der Waals surface area contributed by atoms with Crippen LogP contribution in [-0.2, 0) is 11.0 Å². The van der Waals surface area contributed by atoms with Gasteiger partial charge in [0.15, 0.2) is 5.78 Å². The molecule has 0 bridgehead atoms. The van der Waals surface area contributed by atoms with Gasteiger partial charge in [-0.25, -0.2) is 9.79 Å². The fraction of sp³-hybridized carbons (Fsp3) is 0.0968. The maximum atomic E-state index is 14.0. The Labute approximate surface area is 243 Å². The Morgan fingerprint density at radius 2 is 1.57 bits per heavy atom. The number of anilines is 2. The van der Waals surface area contributed by atoms with Crippen LogP contribution in [0, 0.1) is 0 Å². The van der Waals surface area contributed by atoms with Crippen LogP contribution >= 0.6 is 11.6 Å². The number of fused-ring (bicyclic) bond motifs is 1. The van der Waals surface area contributed by atoms with Gasteiger partial charge in [-0.3, -0.25) is 9.59 Å². The number of halogens is 4. The number of amides is 3. The molecule has 1 aliphatic rings. The lowest BCUT2D eigenvalue weighted by Gasteiger charge is -2.25. The van der Waals surface area contributed by atoms with Gasteiger partial charge in [0, 0.05) is 27.4 Å². The Morgan fingerprint density at radius 1 is 0.881 bits per heavy atom. The average molecular weight is 591 g/mol. The van der Waals surface area contributed by atoms with E-state index < -0.39 is 47.7 Å². The van der Waals surface area contributed by atoms with E-state index in [-0.39, 0.29) is 5.69 Å². The zero-order valence-corrected chi connectivity index (χ0v) is 22.5. The maximum Gasteiger partial charge on any atom is 0.417 e. The summed E-state index contributed by atoms with van der Waals surface area (Å²) >= 11 is 6.00. The Morgan fingerprint density at radius 3 is 2.31 bits per heavy atom. The van der Waals surface area contributed by atoms with Crippen LogP contribution in [0.4, 0.5) is 29.3 Å². The highest BCUT2D eigenvalue weighted by molar-refractivity contribution is 6.31. The molecule has 2 N–H and O–H groups in total. The van der Waals surface area contributed by atoms with E-state index in [2.05, 4.69) is 15.6 Å². The molecule has 0 aliphatic carbocycles. The molecule has 1 unspecified atom stereocenters. The molecule has 0 spiro atoms. The van der Waals surface area contributed by atoms with Crippen molar-refractivity contribution in [2.24, 2.45) is 4.99 Å². The number of carbonyl (C=O) groups is 3. The number of benzene rings is 4. The first-order valence-electron chi connectivity index (χ1n) is 12.7. The molecular formula is C31H22ClF3N4O3. The molecule has 4 aromatic carbocycles. The van der Waals surface area contributed by atoms with E-state index in [0.717, 1.165) is 17.0 Å². The predicted octanol–water partition coefficient (Wildman–Crippen LogP) is 6.57. The second kappa shape index (κ2) is 11.9. The van der Waals surface area contributed by atoms with Crippen LogP contribution in [0.3, 0.4) is 0 Å². The molecule has 0 aromatic heterocycles. The average Bonchev–Trinajstić information content (AvgIpc) is 3.08. The predicted molar refractivity (Wildman–Crippen MR) is 154 cm³/mol. The monoisotopic (exact) mass is 590 g/mol. The van der Waals surface area contributed by atoms with Crippen LogP contribution in [0.15, 0.2) is 108 Å². The molecule has 0 fully saturated rings. The van der Waals surface area contributed by atoms with E-state index in [1.807, 2.05) is 0 Å². The minimum atomic E-state index is -4.78. The lowest BCUT2D eigenvalue weighted by atomic mass is 9.99. The number of nitrogens with zero attached hydrogens (tertiary/aromatic N) is 2. The number of aliphatic imine (C=N–C) groups is 1. The van der Waals surface area contributed by atoms with Crippen LogP contribution in [-0.4, -0.2) is 36.1 Å². The lowest BCUT2D eigenvalue weighted by Crippen LogP contribution is -2.50. The van der Waals surface area contributed by atoms with Crippen molar-refractivity contribution in [2.45, 2.75) is 12.3 Å². The Kier molecular flexibility index (Phi) is 8.08. The van der Waals surface area contributed by atoms with Gasteiger partial charge in [-0.2, -0.15) is 13.2 Å². The van der Waals surface area contributed by atoms with Crippen LogP contribution < -0.4 is 15.5 Å². The quantitative estimate of drug-likeness (QED) is 0.249. The number of rotatable bonds is 6. The van der Waals surface area contributed by atoms with Gasteiger partial charge in [-0.05, 0) is 30.3 Å². The van der Waals surface area contributed by atoms with Gasteiger partial charge in [0.05, 0.1) is 23.5 Å². The highest BCUT2D eigenvalue weighted by atomic mass is 35.5. The number of para-hydroxylation sites is 1. The van der Waals surface area contributed by atoms with Crippen molar-refractivity contribution in [3.8, 4) is 0 Å². The second-order valence-electron chi connectivity index (χ2n) is 9.26. The molecule has 11 heteroatoms. The summed E-state index contributed by atoms with van der Waals surface area (Å²) in [5, 5.41) is 5.49. The van der Waals surface area contributed by atoms with Gasteiger partial charge < -0.3 is 15.5 Å². The summed E-state index contributed by atoms with van der Waals surface area (Å²) in [5.41, 5.74) is 0.339. The first-order valence-corrected chi connectivity index (χ1v) is 13.1. The van der Waals surface area contributed by atoms with Crippen molar-refractivity contribution >= 4 is 46.4 Å². The molecular weight excluding hydrogens is 569 g/mol. The summed E-state index contributed by atoms with van der Waals surface area (Å²) in [6.07, 6.45) is -6.31. The van der Waals surface area contributed by atoms with Gasteiger partial charge in [0.25, 0.3) is 5.91 Å². The summed E-state index contributed by atoms with van der Waals surface area (Å²) in [4.78, 5) is 45.9. The molecule has 4 aromatic rings. The Bertz CT molecular complexity index is 1690. The first-order chi connectivity index (χ1) is 20.1. The smallest absolute Gasteiger partial charge is 0.308 e. The number of alkyl halides is 3. The number of benzodiazepines with no additional fused rings is 1. The van der Waals surface area contributed by atoms with E-state index in [1.54, 1.807) is 72.8 Å². The third-order valence-electron chi connectivity index (χ3n) is 6.44. The fourth-order valence-electron chi connectivity index (χ4n) is 4.57. The van der Waals surface area contributed by atoms with E-state index >= 15 is 0 Å². The summed E-state index contributed by atoms with van der Waals surface area (Å²) < 4.78 is 41.1. The zero-order valence-electron chi connectivity index (χ0n) is 21.7. The van der Waals surface area contributed by atoms with Gasteiger partial charge in [0.1, 0.15) is 0 Å². The van der Waals surface area contributed by atoms with Crippen molar-refractivity contribution in [2.75, 3.05) is 16.8 Å². The molecule has 1 aliphatic heterocycles.